The Labute approximate surface area is 239 Å². The second-order valence-electron chi connectivity index (χ2n) is 10.8. The first-order chi connectivity index (χ1) is 19.3. The van der Waals surface area contributed by atoms with Crippen LogP contribution in [-0.4, -0.2) is 62.2 Å². The van der Waals surface area contributed by atoms with Crippen LogP contribution in [-0.2, 0) is 6.54 Å². The molecule has 0 radical (unpaired) electrons. The number of carbonyl (C=O) groups is 1. The van der Waals surface area contributed by atoms with E-state index in [0.29, 0.717) is 34.4 Å². The Morgan fingerprint density at radius 1 is 1.10 bits per heavy atom. The largest absolute Gasteiger partial charge is 0.456 e. The first-order valence-corrected chi connectivity index (χ1v) is 14.0. The number of halogens is 1. The van der Waals surface area contributed by atoms with Crippen molar-refractivity contribution in [2.24, 2.45) is 0 Å². The summed E-state index contributed by atoms with van der Waals surface area (Å²) < 4.78 is 7.96. The molecule has 5 rings (SSSR count). The molecule has 10 heteroatoms. The van der Waals surface area contributed by atoms with Crippen LogP contribution in [0, 0.1) is 0 Å². The predicted molar refractivity (Wildman–Crippen MR) is 158 cm³/mol. The molecule has 1 amide bonds. The molecule has 0 spiro atoms. The number of fused-ring (bicyclic) bond motifs is 1. The Hall–Kier alpha value is -3.66. The predicted octanol–water partition coefficient (Wildman–Crippen LogP) is 5.61. The minimum atomic E-state index is -0.355. The maximum atomic E-state index is 13.1. The number of amides is 1. The third-order valence-electron chi connectivity index (χ3n) is 6.93. The standard InChI is InChI=1S/C30H35ClN6O3/c1-30(2,19-36-12-4-3-5-13-36)35-29(39)21-7-6-8-23(17-21)40-26-10-9-22(18-24(26)31)34-28-27-25(32-20-33-28)11-14-37(27)15-16-38/h6-11,14,17-18,20,38H,3-5,12-13,15-16,19H2,1-2H3,(H,35,39)(H,32,33,34). The summed E-state index contributed by atoms with van der Waals surface area (Å²) in [4.78, 5) is 24.2. The lowest BCUT2D eigenvalue weighted by Gasteiger charge is -2.35. The maximum absolute atomic E-state index is 13.1. The van der Waals surface area contributed by atoms with Crippen molar-refractivity contribution in [3.8, 4) is 11.5 Å². The van der Waals surface area contributed by atoms with Gasteiger partial charge in [0.15, 0.2) is 5.82 Å². The van der Waals surface area contributed by atoms with E-state index in [1.165, 1.54) is 25.6 Å². The van der Waals surface area contributed by atoms with Gasteiger partial charge in [-0.15, -0.1) is 0 Å². The molecule has 210 valence electrons. The van der Waals surface area contributed by atoms with E-state index in [0.717, 1.165) is 36.4 Å². The number of nitrogens with one attached hydrogen (secondary N) is 2. The van der Waals surface area contributed by atoms with Gasteiger partial charge >= 0.3 is 0 Å². The first-order valence-electron chi connectivity index (χ1n) is 13.6. The number of rotatable bonds is 10. The number of nitrogens with zero attached hydrogens (tertiary/aromatic N) is 4. The lowest BCUT2D eigenvalue weighted by Crippen LogP contribution is -2.52. The van der Waals surface area contributed by atoms with E-state index >= 15 is 0 Å². The normalized spacial score (nSPS) is 14.3. The van der Waals surface area contributed by atoms with Crippen molar-refractivity contribution in [2.75, 3.05) is 31.6 Å². The third-order valence-corrected chi connectivity index (χ3v) is 7.22. The van der Waals surface area contributed by atoms with Crippen molar-refractivity contribution in [3.05, 3.63) is 71.6 Å². The number of likely N-dealkylation sites (tertiary alicyclic amines) is 1. The van der Waals surface area contributed by atoms with Crippen molar-refractivity contribution in [1.29, 1.82) is 0 Å². The molecule has 3 N–H and O–H groups in total. The number of aliphatic hydroxyl groups is 1. The van der Waals surface area contributed by atoms with Crippen molar-refractivity contribution < 1.29 is 14.6 Å². The maximum Gasteiger partial charge on any atom is 0.251 e. The van der Waals surface area contributed by atoms with Crippen molar-refractivity contribution in [3.63, 3.8) is 0 Å². The lowest BCUT2D eigenvalue weighted by molar-refractivity contribution is 0.0877. The highest BCUT2D eigenvalue weighted by Crippen LogP contribution is 2.33. The number of aromatic nitrogens is 3. The summed E-state index contributed by atoms with van der Waals surface area (Å²) in [7, 11) is 0. The van der Waals surface area contributed by atoms with E-state index in [1.54, 1.807) is 36.4 Å². The van der Waals surface area contributed by atoms with Gasteiger partial charge in [-0.3, -0.25) is 4.79 Å². The molecule has 1 saturated heterocycles. The molecule has 0 aliphatic carbocycles. The zero-order valence-corrected chi connectivity index (χ0v) is 23.6. The molecule has 3 heterocycles. The summed E-state index contributed by atoms with van der Waals surface area (Å²) in [5, 5.41) is 16.3. The quantitative estimate of drug-likeness (QED) is 0.231. The average Bonchev–Trinajstić information content (AvgIpc) is 3.34. The van der Waals surface area contributed by atoms with Crippen LogP contribution < -0.4 is 15.4 Å². The Bertz CT molecular complexity index is 1480. The van der Waals surface area contributed by atoms with Gasteiger partial charge in [0.1, 0.15) is 23.3 Å². The summed E-state index contributed by atoms with van der Waals surface area (Å²) in [6.45, 7) is 7.55. The molecular formula is C30H35ClN6O3. The molecule has 0 unspecified atom stereocenters. The molecule has 0 saturated carbocycles. The van der Waals surface area contributed by atoms with Gasteiger partial charge in [0, 0.05) is 36.1 Å². The number of anilines is 2. The molecule has 4 aromatic rings. The Balaban J connectivity index is 1.26. The van der Waals surface area contributed by atoms with E-state index < -0.39 is 0 Å². The van der Waals surface area contributed by atoms with Gasteiger partial charge in [-0.2, -0.15) is 0 Å². The van der Waals surface area contributed by atoms with Crippen LogP contribution >= 0.6 is 11.6 Å². The van der Waals surface area contributed by atoms with Crippen molar-refractivity contribution >= 4 is 40.0 Å². The SMILES string of the molecule is CC(C)(CN1CCCCC1)NC(=O)c1cccc(Oc2ccc(Nc3ncnc4ccn(CCO)c34)cc2Cl)c1. The van der Waals surface area contributed by atoms with Gasteiger partial charge in [-0.25, -0.2) is 9.97 Å². The van der Waals surface area contributed by atoms with Crippen molar-refractivity contribution in [2.45, 2.75) is 45.2 Å². The van der Waals surface area contributed by atoms with E-state index in [9.17, 15) is 9.90 Å². The molecule has 40 heavy (non-hydrogen) atoms. The second kappa shape index (κ2) is 12.2. The van der Waals surface area contributed by atoms with Crippen LogP contribution in [0.15, 0.2) is 61.1 Å². The van der Waals surface area contributed by atoms with Crippen LogP contribution in [0.3, 0.4) is 0 Å². The summed E-state index contributed by atoms with van der Waals surface area (Å²) in [5.41, 5.74) is 2.46. The molecule has 2 aromatic heterocycles. The van der Waals surface area contributed by atoms with Crippen LogP contribution in [0.1, 0.15) is 43.5 Å². The Morgan fingerprint density at radius 2 is 1.93 bits per heavy atom. The van der Waals surface area contributed by atoms with Gasteiger partial charge in [-0.05, 0) is 82.2 Å². The highest BCUT2D eigenvalue weighted by molar-refractivity contribution is 6.32. The summed E-state index contributed by atoms with van der Waals surface area (Å²) in [5.74, 6) is 1.45. The topological polar surface area (TPSA) is 105 Å². The molecular weight excluding hydrogens is 528 g/mol. The van der Waals surface area contributed by atoms with Gasteiger partial charge in [-0.1, -0.05) is 24.1 Å². The van der Waals surface area contributed by atoms with E-state index in [2.05, 4.69) is 39.3 Å². The van der Waals surface area contributed by atoms with Crippen LogP contribution in [0.2, 0.25) is 5.02 Å². The van der Waals surface area contributed by atoms with Gasteiger partial charge in [0.2, 0.25) is 0 Å². The molecule has 1 aliphatic heterocycles. The highest BCUT2D eigenvalue weighted by atomic mass is 35.5. The van der Waals surface area contributed by atoms with Crippen LogP contribution in [0.25, 0.3) is 11.0 Å². The van der Waals surface area contributed by atoms with Gasteiger partial charge in [0.25, 0.3) is 5.91 Å². The van der Waals surface area contributed by atoms with Crippen LogP contribution in [0.5, 0.6) is 11.5 Å². The van der Waals surface area contributed by atoms with Gasteiger partial charge < -0.3 is 29.9 Å². The van der Waals surface area contributed by atoms with Crippen LogP contribution in [0.4, 0.5) is 11.5 Å². The second-order valence-corrected chi connectivity index (χ2v) is 11.2. The van der Waals surface area contributed by atoms with E-state index in [-0.39, 0.29) is 18.1 Å². The molecule has 1 aliphatic rings. The number of hydrogen-bond donors (Lipinski definition) is 3. The summed E-state index contributed by atoms with van der Waals surface area (Å²) >= 11 is 6.59. The first kappa shape index (κ1) is 27.9. The molecule has 9 nitrogen and oxygen atoms in total. The smallest absolute Gasteiger partial charge is 0.251 e. The number of carbonyl (C=O) groups excluding carboxylic acids is 1. The summed E-state index contributed by atoms with van der Waals surface area (Å²) in [6.07, 6.45) is 7.07. The Morgan fingerprint density at radius 3 is 2.70 bits per heavy atom. The number of aliphatic hydroxyl groups excluding tert-OH is 1. The lowest BCUT2D eigenvalue weighted by atomic mass is 10.0. The number of ether oxygens (including phenoxy) is 1. The fourth-order valence-electron chi connectivity index (χ4n) is 5.14. The van der Waals surface area contributed by atoms with Crippen molar-refractivity contribution in [1.82, 2.24) is 24.8 Å². The monoisotopic (exact) mass is 562 g/mol. The number of hydrogen-bond acceptors (Lipinski definition) is 7. The van der Waals surface area contributed by atoms with Gasteiger partial charge in [0.05, 0.1) is 17.1 Å². The number of benzene rings is 2. The minimum absolute atomic E-state index is 0.00913. The Kier molecular flexibility index (Phi) is 8.54. The summed E-state index contributed by atoms with van der Waals surface area (Å²) in [6, 6.07) is 14.3. The molecule has 0 bridgehead atoms. The zero-order valence-electron chi connectivity index (χ0n) is 22.9. The molecule has 2 aromatic carbocycles. The fraction of sp³-hybridized carbons (Fsp3) is 0.367. The third kappa shape index (κ3) is 6.72. The average molecular weight is 563 g/mol. The number of piperidine rings is 1. The highest BCUT2D eigenvalue weighted by Gasteiger charge is 2.25. The van der Waals surface area contributed by atoms with E-state index in [1.807, 2.05) is 22.9 Å². The molecule has 0 atom stereocenters. The zero-order chi connectivity index (χ0) is 28.1. The minimum Gasteiger partial charge on any atom is -0.456 e. The molecule has 1 fully saturated rings. The fourth-order valence-corrected chi connectivity index (χ4v) is 5.36. The van der Waals surface area contributed by atoms with E-state index in [4.69, 9.17) is 16.3 Å².